The van der Waals surface area contributed by atoms with Crippen LogP contribution in [0.3, 0.4) is 0 Å². The molecule has 1 atom stereocenters. The van der Waals surface area contributed by atoms with Gasteiger partial charge >= 0.3 is 5.97 Å². The van der Waals surface area contributed by atoms with Crippen LogP contribution in [0.5, 0.6) is 0 Å². The molecule has 0 bridgehead atoms. The predicted molar refractivity (Wildman–Crippen MR) is 114 cm³/mol. The number of sulfonamides is 1. The second-order valence-corrected chi connectivity index (χ2v) is 8.70. The molecule has 0 heterocycles. The molecule has 2 aromatic rings. The van der Waals surface area contributed by atoms with Gasteiger partial charge in [-0.15, -0.1) is 0 Å². The summed E-state index contributed by atoms with van der Waals surface area (Å²) in [4.78, 5) is 25.0. The molecule has 0 fully saturated rings. The third kappa shape index (κ3) is 5.57. The summed E-state index contributed by atoms with van der Waals surface area (Å²) in [6, 6.07) is 10.7. The molecule has 0 aliphatic carbocycles. The lowest BCUT2D eigenvalue weighted by Gasteiger charge is -2.29. The highest BCUT2D eigenvalue weighted by Gasteiger charge is 2.30. The number of amides is 1. The molecular weight excluding hydrogens is 392 g/mol. The first-order chi connectivity index (χ1) is 13.5. The molecule has 2 rings (SSSR count). The van der Waals surface area contributed by atoms with Gasteiger partial charge in [0.2, 0.25) is 15.9 Å². The second kappa shape index (κ2) is 9.09. The number of anilines is 2. The van der Waals surface area contributed by atoms with Crippen molar-refractivity contribution in [3.63, 3.8) is 0 Å². The van der Waals surface area contributed by atoms with Crippen LogP contribution in [0.2, 0.25) is 0 Å². The molecule has 156 valence electrons. The Kier molecular flexibility index (Phi) is 7.02. The van der Waals surface area contributed by atoms with Crippen LogP contribution in [0, 0.1) is 13.8 Å². The van der Waals surface area contributed by atoms with Gasteiger partial charge < -0.3 is 10.1 Å². The maximum absolute atomic E-state index is 12.9. The van der Waals surface area contributed by atoms with E-state index in [0.717, 1.165) is 21.7 Å². The van der Waals surface area contributed by atoms with Gasteiger partial charge in [0, 0.05) is 0 Å². The van der Waals surface area contributed by atoms with E-state index in [2.05, 4.69) is 5.32 Å². The van der Waals surface area contributed by atoms with Gasteiger partial charge in [0.15, 0.2) is 0 Å². The van der Waals surface area contributed by atoms with Gasteiger partial charge in [-0.1, -0.05) is 18.2 Å². The number of benzene rings is 2. The highest BCUT2D eigenvalue weighted by molar-refractivity contribution is 7.92. The van der Waals surface area contributed by atoms with Gasteiger partial charge in [0.1, 0.15) is 6.04 Å². The Morgan fingerprint density at radius 1 is 1.10 bits per heavy atom. The summed E-state index contributed by atoms with van der Waals surface area (Å²) < 4.78 is 31.1. The van der Waals surface area contributed by atoms with Crippen LogP contribution in [0.1, 0.15) is 35.3 Å². The lowest BCUT2D eigenvalue weighted by atomic mass is 10.1. The van der Waals surface area contributed by atoms with Crippen molar-refractivity contribution >= 4 is 33.3 Å². The summed E-state index contributed by atoms with van der Waals surface area (Å²) in [5.74, 6) is -1.13. The quantitative estimate of drug-likeness (QED) is 0.697. The Morgan fingerprint density at radius 3 is 2.24 bits per heavy atom. The summed E-state index contributed by atoms with van der Waals surface area (Å²) in [6.45, 7) is 7.11. The number of esters is 1. The minimum absolute atomic E-state index is 0.200. The van der Waals surface area contributed by atoms with Gasteiger partial charge in [-0.25, -0.2) is 13.2 Å². The Morgan fingerprint density at radius 2 is 1.69 bits per heavy atom. The molecule has 0 aliphatic heterocycles. The van der Waals surface area contributed by atoms with Crippen molar-refractivity contribution in [1.29, 1.82) is 0 Å². The maximum Gasteiger partial charge on any atom is 0.340 e. The second-order valence-electron chi connectivity index (χ2n) is 6.84. The first kappa shape index (κ1) is 22.4. The molecule has 0 saturated heterocycles. The molecule has 2 aromatic carbocycles. The molecular formula is C21H26N2O5S. The first-order valence-corrected chi connectivity index (χ1v) is 11.0. The van der Waals surface area contributed by atoms with E-state index in [1.54, 1.807) is 37.3 Å². The highest BCUT2D eigenvalue weighted by atomic mass is 32.2. The molecule has 0 aliphatic rings. The lowest BCUT2D eigenvalue weighted by molar-refractivity contribution is -0.116. The molecule has 0 aromatic heterocycles. The van der Waals surface area contributed by atoms with E-state index in [1.807, 2.05) is 19.9 Å². The average Bonchev–Trinajstić information content (AvgIpc) is 2.60. The van der Waals surface area contributed by atoms with Crippen molar-refractivity contribution in [2.45, 2.75) is 33.7 Å². The Hall–Kier alpha value is -2.87. The predicted octanol–water partition coefficient (Wildman–Crippen LogP) is 3.27. The molecule has 1 amide bonds. The Bertz CT molecular complexity index is 997. The van der Waals surface area contributed by atoms with Crippen LogP contribution < -0.4 is 9.62 Å². The molecule has 1 unspecified atom stereocenters. The summed E-state index contributed by atoms with van der Waals surface area (Å²) >= 11 is 0. The van der Waals surface area contributed by atoms with E-state index in [4.69, 9.17) is 4.74 Å². The average molecular weight is 419 g/mol. The lowest BCUT2D eigenvalue weighted by Crippen LogP contribution is -2.45. The zero-order valence-electron chi connectivity index (χ0n) is 17.2. The SMILES string of the molecule is CCOC(=O)c1ccccc1NC(=O)C(C)N(c1cc(C)cc(C)c1)S(C)(=O)=O. The van der Waals surface area contributed by atoms with E-state index in [-0.39, 0.29) is 17.9 Å². The smallest absolute Gasteiger partial charge is 0.340 e. The van der Waals surface area contributed by atoms with E-state index in [0.29, 0.717) is 5.69 Å². The van der Waals surface area contributed by atoms with Crippen molar-refractivity contribution in [1.82, 2.24) is 0 Å². The summed E-state index contributed by atoms with van der Waals surface area (Å²) in [5, 5.41) is 2.66. The van der Waals surface area contributed by atoms with Crippen molar-refractivity contribution in [2.24, 2.45) is 0 Å². The summed E-state index contributed by atoms with van der Waals surface area (Å²) in [7, 11) is -3.74. The van der Waals surface area contributed by atoms with Crippen LogP contribution in [-0.2, 0) is 19.6 Å². The molecule has 1 N–H and O–H groups in total. The largest absolute Gasteiger partial charge is 0.462 e. The fraction of sp³-hybridized carbons (Fsp3) is 0.333. The van der Waals surface area contributed by atoms with Gasteiger partial charge in [0.05, 0.1) is 29.8 Å². The molecule has 7 nitrogen and oxygen atoms in total. The standard InChI is InChI=1S/C21H26N2O5S/c1-6-28-21(25)18-9-7-8-10-19(18)22-20(24)16(4)23(29(5,26)27)17-12-14(2)11-15(3)13-17/h7-13,16H,6H2,1-5H3,(H,22,24). The number of ether oxygens (including phenoxy) is 1. The number of hydrogen-bond donors (Lipinski definition) is 1. The van der Waals surface area contributed by atoms with Gasteiger partial charge in [-0.05, 0) is 63.1 Å². The zero-order chi connectivity index (χ0) is 21.8. The van der Waals surface area contributed by atoms with Crippen LogP contribution in [0.15, 0.2) is 42.5 Å². The zero-order valence-corrected chi connectivity index (χ0v) is 18.0. The minimum Gasteiger partial charge on any atom is -0.462 e. The van der Waals surface area contributed by atoms with Gasteiger partial charge in [-0.3, -0.25) is 9.10 Å². The number of para-hydroxylation sites is 1. The van der Waals surface area contributed by atoms with E-state index in [9.17, 15) is 18.0 Å². The van der Waals surface area contributed by atoms with Gasteiger partial charge in [0.25, 0.3) is 0 Å². The topological polar surface area (TPSA) is 92.8 Å². The third-order valence-electron chi connectivity index (χ3n) is 4.23. The Balaban J connectivity index is 2.38. The summed E-state index contributed by atoms with van der Waals surface area (Å²) in [5.41, 5.74) is 2.64. The highest BCUT2D eigenvalue weighted by Crippen LogP contribution is 2.25. The van der Waals surface area contributed by atoms with Gasteiger partial charge in [-0.2, -0.15) is 0 Å². The van der Waals surface area contributed by atoms with Crippen molar-refractivity contribution in [3.8, 4) is 0 Å². The van der Waals surface area contributed by atoms with Crippen molar-refractivity contribution < 1.29 is 22.7 Å². The minimum atomic E-state index is -3.74. The van der Waals surface area contributed by atoms with Crippen molar-refractivity contribution in [2.75, 3.05) is 22.5 Å². The number of carbonyl (C=O) groups is 2. The molecule has 0 spiro atoms. The monoisotopic (exact) mass is 418 g/mol. The van der Waals surface area contributed by atoms with E-state index < -0.39 is 27.9 Å². The van der Waals surface area contributed by atoms with Crippen LogP contribution >= 0.6 is 0 Å². The van der Waals surface area contributed by atoms with Crippen molar-refractivity contribution in [3.05, 3.63) is 59.2 Å². The molecule has 8 heteroatoms. The molecule has 0 radical (unpaired) electrons. The number of aryl methyl sites for hydroxylation is 2. The number of nitrogens with one attached hydrogen (secondary N) is 1. The Labute approximate surface area is 171 Å². The number of carbonyl (C=O) groups excluding carboxylic acids is 2. The van der Waals surface area contributed by atoms with Crippen LogP contribution in [-0.4, -0.2) is 39.2 Å². The van der Waals surface area contributed by atoms with Crippen LogP contribution in [0.4, 0.5) is 11.4 Å². The number of nitrogens with zero attached hydrogens (tertiary/aromatic N) is 1. The normalized spacial score (nSPS) is 12.2. The summed E-state index contributed by atoms with van der Waals surface area (Å²) in [6.07, 6.45) is 1.06. The third-order valence-corrected chi connectivity index (χ3v) is 5.47. The fourth-order valence-corrected chi connectivity index (χ4v) is 4.26. The van der Waals surface area contributed by atoms with Crippen LogP contribution in [0.25, 0.3) is 0 Å². The number of hydrogen-bond acceptors (Lipinski definition) is 5. The first-order valence-electron chi connectivity index (χ1n) is 9.19. The maximum atomic E-state index is 12.9. The van der Waals surface area contributed by atoms with E-state index in [1.165, 1.54) is 13.0 Å². The molecule has 29 heavy (non-hydrogen) atoms. The number of rotatable bonds is 7. The molecule has 0 saturated carbocycles. The van der Waals surface area contributed by atoms with E-state index >= 15 is 0 Å². The fourth-order valence-electron chi connectivity index (χ4n) is 3.10.